The van der Waals surface area contributed by atoms with E-state index in [1.807, 2.05) is 0 Å². The van der Waals surface area contributed by atoms with Crippen molar-refractivity contribution in [1.29, 1.82) is 0 Å². The largest absolute Gasteiger partial charge is 0.465 e. The number of carbonyl (C=O) groups is 6. The summed E-state index contributed by atoms with van der Waals surface area (Å²) in [5.41, 5.74) is 0. The monoisotopic (exact) mass is 584 g/mol. The van der Waals surface area contributed by atoms with Gasteiger partial charge in [0.2, 0.25) is 0 Å². The topological polar surface area (TPSA) is 127 Å². The van der Waals surface area contributed by atoms with E-state index in [0.717, 1.165) is 38.5 Å². The van der Waals surface area contributed by atoms with Gasteiger partial charge in [0.25, 0.3) is 23.6 Å². The molecule has 4 rings (SSSR count). The summed E-state index contributed by atoms with van der Waals surface area (Å²) in [6.45, 7) is 3.89. The van der Waals surface area contributed by atoms with Crippen LogP contribution in [-0.4, -0.2) is 71.7 Å². The highest BCUT2D eigenvalue weighted by atomic mass is 16.5. The van der Waals surface area contributed by atoms with E-state index in [9.17, 15) is 28.8 Å². The first kappa shape index (κ1) is 31.6. The van der Waals surface area contributed by atoms with E-state index in [1.54, 1.807) is 0 Å². The SMILES string of the molecule is CCC1C(COC(=O)CCCCCN2C(=O)C=CC2=O)CC2CC(COC(=O)CCCCCN3C(=O)C=CC3=O)CC21. The summed E-state index contributed by atoms with van der Waals surface area (Å²) in [6, 6.07) is 0. The third-order valence-corrected chi connectivity index (χ3v) is 9.34. The van der Waals surface area contributed by atoms with Gasteiger partial charge in [0.15, 0.2) is 0 Å². The second-order valence-corrected chi connectivity index (χ2v) is 12.1. The minimum atomic E-state index is -0.270. The lowest BCUT2D eigenvalue weighted by Crippen LogP contribution is -2.30. The second kappa shape index (κ2) is 15.3. The molecule has 5 unspecified atom stereocenters. The maximum atomic E-state index is 12.3. The number of hydrogen-bond donors (Lipinski definition) is 0. The number of imide groups is 2. The Bertz CT molecular complexity index is 1060. The molecule has 0 bridgehead atoms. The predicted molar refractivity (Wildman–Crippen MR) is 152 cm³/mol. The summed E-state index contributed by atoms with van der Waals surface area (Å²) in [4.78, 5) is 73.3. The fraction of sp³-hybridized carbons (Fsp3) is 0.688. The second-order valence-electron chi connectivity index (χ2n) is 12.1. The molecule has 4 amide bonds. The Labute approximate surface area is 247 Å². The Kier molecular flexibility index (Phi) is 11.5. The molecule has 0 aromatic carbocycles. The van der Waals surface area contributed by atoms with Gasteiger partial charge in [-0.15, -0.1) is 0 Å². The van der Waals surface area contributed by atoms with Crippen molar-refractivity contribution in [2.24, 2.45) is 29.6 Å². The Hall–Kier alpha value is -3.30. The van der Waals surface area contributed by atoms with Crippen molar-refractivity contribution >= 4 is 35.6 Å². The van der Waals surface area contributed by atoms with Crippen LogP contribution in [0.15, 0.2) is 24.3 Å². The van der Waals surface area contributed by atoms with Crippen LogP contribution in [0, 0.1) is 29.6 Å². The van der Waals surface area contributed by atoms with E-state index in [1.165, 1.54) is 34.1 Å². The molecule has 0 aromatic heterocycles. The lowest BCUT2D eigenvalue weighted by molar-refractivity contribution is -0.146. The zero-order valence-corrected chi connectivity index (χ0v) is 24.7. The van der Waals surface area contributed by atoms with Gasteiger partial charge in [0, 0.05) is 50.2 Å². The molecule has 2 fully saturated rings. The average Bonchev–Trinajstić information content (AvgIpc) is 3.70. The highest BCUT2D eigenvalue weighted by Crippen LogP contribution is 2.53. The molecule has 230 valence electrons. The standard InChI is InChI=1S/C32H44N2O8/c1-2-25-24(21-42-32(40)10-6-4-8-16-34-29(37)13-14-30(34)38)19-23-17-22(18-26(23)25)20-41-31(39)9-5-3-7-15-33-27(35)11-12-28(33)36/h11-14,22-26H,2-10,15-21H2,1H3. The molecule has 4 aliphatic rings. The number of carbonyl (C=O) groups excluding carboxylic acids is 6. The van der Waals surface area contributed by atoms with Gasteiger partial charge in [-0.25, -0.2) is 0 Å². The van der Waals surface area contributed by atoms with Gasteiger partial charge in [-0.05, 0) is 74.5 Å². The normalized spacial score (nSPS) is 26.5. The molecule has 2 aliphatic heterocycles. The Morgan fingerprint density at radius 3 is 1.69 bits per heavy atom. The van der Waals surface area contributed by atoms with Crippen LogP contribution in [-0.2, 0) is 38.2 Å². The van der Waals surface area contributed by atoms with Crippen LogP contribution in [0.2, 0.25) is 0 Å². The summed E-state index contributed by atoms with van der Waals surface area (Å²) in [5.74, 6) is 0.976. The van der Waals surface area contributed by atoms with Crippen LogP contribution in [0.4, 0.5) is 0 Å². The number of amides is 4. The molecule has 5 atom stereocenters. The van der Waals surface area contributed by atoms with Crippen molar-refractivity contribution in [2.45, 2.75) is 84.0 Å². The minimum absolute atomic E-state index is 0.184. The van der Waals surface area contributed by atoms with Crippen LogP contribution in [0.3, 0.4) is 0 Å². The zero-order valence-electron chi connectivity index (χ0n) is 24.7. The maximum absolute atomic E-state index is 12.3. The Balaban J connectivity index is 1.04. The van der Waals surface area contributed by atoms with Crippen LogP contribution >= 0.6 is 0 Å². The van der Waals surface area contributed by atoms with Crippen molar-refractivity contribution in [2.75, 3.05) is 26.3 Å². The molecule has 0 spiro atoms. The number of hydrogen-bond acceptors (Lipinski definition) is 8. The van der Waals surface area contributed by atoms with Gasteiger partial charge >= 0.3 is 11.9 Å². The number of ether oxygens (including phenoxy) is 2. The first-order valence-corrected chi connectivity index (χ1v) is 15.6. The van der Waals surface area contributed by atoms with Crippen LogP contribution in [0.5, 0.6) is 0 Å². The van der Waals surface area contributed by atoms with E-state index < -0.39 is 0 Å². The highest BCUT2D eigenvalue weighted by Gasteiger charge is 2.47. The zero-order chi connectivity index (χ0) is 30.1. The van der Waals surface area contributed by atoms with Crippen molar-refractivity contribution in [1.82, 2.24) is 9.80 Å². The molecule has 2 saturated carbocycles. The third kappa shape index (κ3) is 8.38. The van der Waals surface area contributed by atoms with Crippen LogP contribution in [0.25, 0.3) is 0 Å². The first-order chi connectivity index (χ1) is 20.3. The smallest absolute Gasteiger partial charge is 0.305 e. The molecule has 10 heteroatoms. The molecule has 0 N–H and O–H groups in total. The van der Waals surface area contributed by atoms with Gasteiger partial charge in [-0.1, -0.05) is 26.2 Å². The summed E-state index contributed by atoms with van der Waals surface area (Å²) in [7, 11) is 0. The summed E-state index contributed by atoms with van der Waals surface area (Å²) in [6.07, 6.45) is 14.2. The molecule has 2 aliphatic carbocycles. The van der Waals surface area contributed by atoms with E-state index >= 15 is 0 Å². The van der Waals surface area contributed by atoms with Crippen molar-refractivity contribution in [3.8, 4) is 0 Å². The first-order valence-electron chi connectivity index (χ1n) is 15.6. The van der Waals surface area contributed by atoms with Crippen molar-refractivity contribution in [3.05, 3.63) is 24.3 Å². The molecule has 0 radical (unpaired) electrons. The molecule has 10 nitrogen and oxygen atoms in total. The summed E-state index contributed by atoms with van der Waals surface area (Å²) < 4.78 is 11.3. The summed E-state index contributed by atoms with van der Waals surface area (Å²) in [5, 5.41) is 0. The number of esters is 2. The summed E-state index contributed by atoms with van der Waals surface area (Å²) >= 11 is 0. The van der Waals surface area contributed by atoms with Gasteiger partial charge in [0.05, 0.1) is 13.2 Å². The third-order valence-electron chi connectivity index (χ3n) is 9.34. The van der Waals surface area contributed by atoms with E-state index in [2.05, 4.69) is 6.92 Å². The quantitative estimate of drug-likeness (QED) is 0.144. The predicted octanol–water partition coefficient (Wildman–Crippen LogP) is 3.73. The van der Waals surface area contributed by atoms with Gasteiger partial charge in [-0.2, -0.15) is 0 Å². The number of unbranched alkanes of at least 4 members (excludes halogenated alkanes) is 4. The number of rotatable bonds is 17. The van der Waals surface area contributed by atoms with E-state index in [0.29, 0.717) is 94.4 Å². The Morgan fingerprint density at radius 1 is 0.690 bits per heavy atom. The Morgan fingerprint density at radius 2 is 1.19 bits per heavy atom. The highest BCUT2D eigenvalue weighted by molar-refractivity contribution is 6.13. The molecule has 2 heterocycles. The molecule has 0 saturated heterocycles. The van der Waals surface area contributed by atoms with Crippen molar-refractivity contribution in [3.63, 3.8) is 0 Å². The number of fused-ring (bicyclic) bond motifs is 1. The maximum Gasteiger partial charge on any atom is 0.305 e. The average molecular weight is 585 g/mol. The molecular formula is C32H44N2O8. The lowest BCUT2D eigenvalue weighted by atomic mass is 9.85. The van der Waals surface area contributed by atoms with Gasteiger partial charge in [0.1, 0.15) is 0 Å². The molecular weight excluding hydrogens is 540 g/mol. The number of nitrogens with zero attached hydrogens (tertiary/aromatic N) is 2. The minimum Gasteiger partial charge on any atom is -0.465 e. The van der Waals surface area contributed by atoms with Crippen molar-refractivity contribution < 1.29 is 38.2 Å². The fourth-order valence-electron chi connectivity index (χ4n) is 7.24. The van der Waals surface area contributed by atoms with Gasteiger partial charge in [-0.3, -0.25) is 38.6 Å². The lowest BCUT2D eigenvalue weighted by Gasteiger charge is -2.23. The molecule has 42 heavy (non-hydrogen) atoms. The van der Waals surface area contributed by atoms with Crippen LogP contribution in [0.1, 0.15) is 84.0 Å². The fourth-order valence-corrected chi connectivity index (χ4v) is 7.24. The van der Waals surface area contributed by atoms with E-state index in [4.69, 9.17) is 9.47 Å². The molecule has 0 aromatic rings. The van der Waals surface area contributed by atoms with Gasteiger partial charge < -0.3 is 9.47 Å². The van der Waals surface area contributed by atoms with Crippen LogP contribution < -0.4 is 0 Å². The van der Waals surface area contributed by atoms with E-state index in [-0.39, 0.29) is 35.6 Å².